The number of ether oxygens (including phenoxy) is 1. The Hall–Kier alpha value is -2.49. The first-order valence-corrected chi connectivity index (χ1v) is 6.44. The quantitative estimate of drug-likeness (QED) is 0.867. The number of carbonyl (C=O) groups is 1. The van der Waals surface area contributed by atoms with Crippen molar-refractivity contribution in [1.82, 2.24) is 0 Å². The maximum Gasteiger partial charge on any atom is 0.337 e. The van der Waals surface area contributed by atoms with Gasteiger partial charge < -0.3 is 15.2 Å². The summed E-state index contributed by atoms with van der Waals surface area (Å²) in [6, 6.07) is 12.6. The van der Waals surface area contributed by atoms with Gasteiger partial charge >= 0.3 is 5.97 Å². The molecule has 4 nitrogen and oxygen atoms in total. The summed E-state index contributed by atoms with van der Waals surface area (Å²) in [6.45, 7) is 4.47. The fourth-order valence-corrected chi connectivity index (χ4v) is 1.90. The molecule has 0 atom stereocenters. The van der Waals surface area contributed by atoms with Gasteiger partial charge in [0.05, 0.1) is 17.9 Å². The first-order chi connectivity index (χ1) is 9.60. The number of nitrogens with one attached hydrogen (secondary N) is 1. The van der Waals surface area contributed by atoms with E-state index in [0.29, 0.717) is 12.3 Å². The summed E-state index contributed by atoms with van der Waals surface area (Å²) in [5.74, 6) is -0.154. The Morgan fingerprint density at radius 1 is 1.20 bits per heavy atom. The first kappa shape index (κ1) is 13.9. The number of carboxylic acid groups (broad SMARTS) is 1. The molecule has 0 saturated heterocycles. The number of aryl methyl sites for hydroxylation is 1. The van der Waals surface area contributed by atoms with Crippen LogP contribution in [0.1, 0.15) is 22.8 Å². The predicted octanol–water partition coefficient (Wildman–Crippen LogP) is 3.84. The summed E-state index contributed by atoms with van der Waals surface area (Å²) in [4.78, 5) is 11.2. The second kappa shape index (κ2) is 6.10. The topological polar surface area (TPSA) is 58.6 Å². The van der Waals surface area contributed by atoms with Gasteiger partial charge in [0.15, 0.2) is 0 Å². The van der Waals surface area contributed by atoms with Crippen LogP contribution >= 0.6 is 0 Å². The zero-order valence-corrected chi connectivity index (χ0v) is 11.5. The summed E-state index contributed by atoms with van der Waals surface area (Å²) < 4.78 is 5.37. The summed E-state index contributed by atoms with van der Waals surface area (Å²) in [5, 5.41) is 12.3. The third-order valence-corrected chi connectivity index (χ3v) is 2.85. The van der Waals surface area contributed by atoms with Gasteiger partial charge in [-0.2, -0.15) is 0 Å². The third-order valence-electron chi connectivity index (χ3n) is 2.85. The minimum atomic E-state index is -0.946. The van der Waals surface area contributed by atoms with Gasteiger partial charge in [0.25, 0.3) is 0 Å². The summed E-state index contributed by atoms with van der Waals surface area (Å²) in [7, 11) is 0. The lowest BCUT2D eigenvalue weighted by Crippen LogP contribution is -2.03. The molecule has 20 heavy (non-hydrogen) atoms. The number of hydrogen-bond acceptors (Lipinski definition) is 3. The number of anilines is 2. The fraction of sp³-hybridized carbons (Fsp3) is 0.188. The van der Waals surface area contributed by atoms with Crippen molar-refractivity contribution in [2.45, 2.75) is 13.8 Å². The first-order valence-electron chi connectivity index (χ1n) is 6.44. The van der Waals surface area contributed by atoms with E-state index in [1.165, 1.54) is 0 Å². The monoisotopic (exact) mass is 271 g/mol. The number of benzene rings is 2. The Bertz CT molecular complexity index is 606. The molecule has 0 spiro atoms. The molecule has 0 amide bonds. The van der Waals surface area contributed by atoms with E-state index in [1.807, 2.05) is 44.2 Å². The van der Waals surface area contributed by atoms with Gasteiger partial charge in [-0.25, -0.2) is 4.79 Å². The molecule has 0 aromatic heterocycles. The Balaban J connectivity index is 2.25. The van der Waals surface area contributed by atoms with E-state index in [2.05, 4.69) is 5.32 Å². The summed E-state index contributed by atoms with van der Waals surface area (Å²) in [6.07, 6.45) is 0. The minimum Gasteiger partial charge on any atom is -0.494 e. The van der Waals surface area contributed by atoms with Crippen LogP contribution < -0.4 is 10.1 Å². The normalized spacial score (nSPS) is 10.1. The number of aromatic carboxylic acids is 1. The maximum absolute atomic E-state index is 11.2. The zero-order chi connectivity index (χ0) is 14.5. The molecule has 2 aromatic rings. The highest BCUT2D eigenvalue weighted by atomic mass is 16.5. The van der Waals surface area contributed by atoms with Crippen LogP contribution in [0.25, 0.3) is 0 Å². The van der Waals surface area contributed by atoms with Crippen molar-refractivity contribution in [3.63, 3.8) is 0 Å². The van der Waals surface area contributed by atoms with Crippen molar-refractivity contribution in [3.05, 3.63) is 53.6 Å². The van der Waals surface area contributed by atoms with E-state index in [9.17, 15) is 9.90 Å². The average molecular weight is 271 g/mol. The van der Waals surface area contributed by atoms with E-state index in [0.717, 1.165) is 17.0 Å². The van der Waals surface area contributed by atoms with Crippen molar-refractivity contribution >= 4 is 17.3 Å². The van der Waals surface area contributed by atoms with Crippen LogP contribution in [-0.2, 0) is 0 Å². The molecule has 0 aliphatic heterocycles. The van der Waals surface area contributed by atoms with Gasteiger partial charge in [-0.15, -0.1) is 0 Å². The van der Waals surface area contributed by atoms with Crippen LogP contribution in [0.3, 0.4) is 0 Å². The van der Waals surface area contributed by atoms with E-state index >= 15 is 0 Å². The van der Waals surface area contributed by atoms with Crippen LogP contribution in [0, 0.1) is 6.92 Å². The molecule has 0 heterocycles. The molecule has 0 aliphatic carbocycles. The van der Waals surface area contributed by atoms with Crippen LogP contribution in [0.4, 0.5) is 11.4 Å². The van der Waals surface area contributed by atoms with Crippen molar-refractivity contribution in [2.75, 3.05) is 11.9 Å². The van der Waals surface area contributed by atoms with Gasteiger partial charge in [0.2, 0.25) is 0 Å². The van der Waals surface area contributed by atoms with Gasteiger partial charge in [-0.1, -0.05) is 6.07 Å². The Kier molecular flexibility index (Phi) is 4.25. The molecule has 2 rings (SSSR count). The van der Waals surface area contributed by atoms with E-state index < -0.39 is 5.97 Å². The van der Waals surface area contributed by atoms with Crippen LogP contribution in [0.5, 0.6) is 5.75 Å². The minimum absolute atomic E-state index is 0.254. The van der Waals surface area contributed by atoms with Gasteiger partial charge in [-0.3, -0.25) is 0 Å². The second-order valence-electron chi connectivity index (χ2n) is 4.44. The highest BCUT2D eigenvalue weighted by Gasteiger charge is 2.10. The molecule has 0 unspecified atom stereocenters. The predicted molar refractivity (Wildman–Crippen MR) is 79.0 cm³/mol. The molecule has 0 radical (unpaired) electrons. The van der Waals surface area contributed by atoms with E-state index in [1.54, 1.807) is 12.1 Å². The lowest BCUT2D eigenvalue weighted by molar-refractivity contribution is 0.0698. The number of carboxylic acids is 1. The zero-order valence-electron chi connectivity index (χ0n) is 11.5. The largest absolute Gasteiger partial charge is 0.494 e. The second-order valence-corrected chi connectivity index (χ2v) is 4.44. The van der Waals surface area contributed by atoms with E-state index in [-0.39, 0.29) is 5.56 Å². The average Bonchev–Trinajstić information content (AvgIpc) is 2.41. The Morgan fingerprint density at radius 3 is 2.50 bits per heavy atom. The standard InChI is InChI=1S/C16H17NO3/c1-3-20-13-7-5-12(6-8-13)17-15-10-11(2)4-9-14(15)16(18)19/h4-10,17H,3H2,1-2H3,(H,18,19). The lowest BCUT2D eigenvalue weighted by atomic mass is 10.1. The molecule has 0 bridgehead atoms. The molecule has 2 aromatic carbocycles. The van der Waals surface area contributed by atoms with Gasteiger partial charge in [0.1, 0.15) is 5.75 Å². The SMILES string of the molecule is CCOc1ccc(Nc2cc(C)ccc2C(=O)O)cc1. The van der Waals surface area contributed by atoms with E-state index in [4.69, 9.17) is 4.74 Å². The van der Waals surface area contributed by atoms with Crippen molar-refractivity contribution in [3.8, 4) is 5.75 Å². The molecular formula is C16H17NO3. The van der Waals surface area contributed by atoms with Crippen molar-refractivity contribution in [1.29, 1.82) is 0 Å². The lowest BCUT2D eigenvalue weighted by Gasteiger charge is -2.11. The highest BCUT2D eigenvalue weighted by Crippen LogP contribution is 2.24. The van der Waals surface area contributed by atoms with Crippen LogP contribution in [0.2, 0.25) is 0 Å². The summed E-state index contributed by atoms with van der Waals surface area (Å²) >= 11 is 0. The maximum atomic E-state index is 11.2. The molecular weight excluding hydrogens is 254 g/mol. The van der Waals surface area contributed by atoms with Crippen molar-refractivity contribution < 1.29 is 14.6 Å². The molecule has 0 aliphatic rings. The molecule has 104 valence electrons. The van der Waals surface area contributed by atoms with Crippen molar-refractivity contribution in [2.24, 2.45) is 0 Å². The fourth-order valence-electron chi connectivity index (χ4n) is 1.90. The smallest absolute Gasteiger partial charge is 0.337 e. The molecule has 0 saturated carbocycles. The Labute approximate surface area is 118 Å². The highest BCUT2D eigenvalue weighted by molar-refractivity contribution is 5.95. The third kappa shape index (κ3) is 3.29. The molecule has 4 heteroatoms. The number of rotatable bonds is 5. The summed E-state index contributed by atoms with van der Waals surface area (Å²) in [5.41, 5.74) is 2.66. The number of hydrogen-bond donors (Lipinski definition) is 2. The van der Waals surface area contributed by atoms with Gasteiger partial charge in [-0.05, 0) is 55.8 Å². The molecule has 0 fully saturated rings. The molecule has 2 N–H and O–H groups in total. The Morgan fingerprint density at radius 2 is 1.90 bits per heavy atom. The van der Waals surface area contributed by atoms with Crippen LogP contribution in [0.15, 0.2) is 42.5 Å². The van der Waals surface area contributed by atoms with Gasteiger partial charge in [0, 0.05) is 5.69 Å². The van der Waals surface area contributed by atoms with Crippen LogP contribution in [-0.4, -0.2) is 17.7 Å².